The summed E-state index contributed by atoms with van der Waals surface area (Å²) in [6.45, 7) is 8.91. The van der Waals surface area contributed by atoms with Crippen LogP contribution in [0.25, 0.3) is 0 Å². The Balaban J connectivity index is 1.52. The van der Waals surface area contributed by atoms with Crippen LogP contribution in [0.2, 0.25) is 0 Å². The molecule has 0 fully saturated rings. The van der Waals surface area contributed by atoms with Crippen LogP contribution in [0.3, 0.4) is 0 Å². The Labute approximate surface area is 188 Å². The Morgan fingerprint density at radius 1 is 1.03 bits per heavy atom. The van der Waals surface area contributed by atoms with Crippen LogP contribution in [0.15, 0.2) is 53.1 Å². The Morgan fingerprint density at radius 2 is 1.75 bits per heavy atom. The molecule has 0 radical (unpaired) electrons. The first-order valence-electron chi connectivity index (χ1n) is 10.9. The Hall–Kier alpha value is -3.32. The number of oxazole rings is 1. The van der Waals surface area contributed by atoms with Crippen LogP contribution in [0.1, 0.15) is 59.8 Å². The number of carbonyl (C=O) groups is 1. The first-order valence-corrected chi connectivity index (χ1v) is 10.9. The van der Waals surface area contributed by atoms with E-state index in [0.717, 1.165) is 17.1 Å². The molecule has 4 rings (SSSR count). The number of rotatable bonds is 9. The molecule has 32 heavy (non-hydrogen) atoms. The van der Waals surface area contributed by atoms with Gasteiger partial charge in [-0.3, -0.25) is 9.69 Å². The average Bonchev–Trinajstić information content (AvgIpc) is 3.43. The molecule has 0 bridgehead atoms. The number of ether oxygens (including phenoxy) is 2. The van der Waals surface area contributed by atoms with Gasteiger partial charge in [0.25, 0.3) is 5.91 Å². The lowest BCUT2D eigenvalue weighted by Gasteiger charge is -2.21. The third kappa shape index (κ3) is 5.29. The van der Waals surface area contributed by atoms with Crippen molar-refractivity contribution in [3.05, 3.63) is 77.0 Å². The highest BCUT2D eigenvalue weighted by atomic mass is 16.7. The van der Waals surface area contributed by atoms with Gasteiger partial charge in [-0.1, -0.05) is 44.2 Å². The zero-order chi connectivity index (χ0) is 22.5. The number of hydrogen-bond acceptors (Lipinski definition) is 6. The fourth-order valence-corrected chi connectivity index (χ4v) is 3.66. The predicted molar refractivity (Wildman–Crippen MR) is 121 cm³/mol. The summed E-state index contributed by atoms with van der Waals surface area (Å²) in [7, 11) is 0. The molecule has 1 aromatic heterocycles. The van der Waals surface area contributed by atoms with E-state index in [-0.39, 0.29) is 12.7 Å². The Morgan fingerprint density at radius 3 is 2.50 bits per heavy atom. The Kier molecular flexibility index (Phi) is 6.75. The molecule has 1 aliphatic rings. The summed E-state index contributed by atoms with van der Waals surface area (Å²) in [6, 6.07) is 14.7. The van der Waals surface area contributed by atoms with Gasteiger partial charge in [0, 0.05) is 19.6 Å². The van der Waals surface area contributed by atoms with E-state index in [2.05, 4.69) is 53.3 Å². The van der Waals surface area contributed by atoms with Crippen LogP contribution < -0.4 is 14.8 Å². The predicted octanol–water partition coefficient (Wildman–Crippen LogP) is 4.48. The number of benzene rings is 2. The number of aromatic nitrogens is 1. The minimum Gasteiger partial charge on any atom is -0.454 e. The standard InChI is InChI=1S/C25H29N3O4/c1-4-26-25(29)21-15-30-24(27-21)14-28(12-18-5-8-20(9-6-18)17(2)3)13-19-7-10-22-23(11-19)32-16-31-22/h5-11,15,17H,4,12-14,16H2,1-3H3,(H,26,29). The monoisotopic (exact) mass is 435 g/mol. The average molecular weight is 436 g/mol. The molecule has 2 heterocycles. The SMILES string of the molecule is CCNC(=O)c1coc(CN(Cc2ccc(C(C)C)cc2)Cc2ccc3c(c2)OCO3)n1. The largest absolute Gasteiger partial charge is 0.454 e. The molecule has 0 spiro atoms. The lowest BCUT2D eigenvalue weighted by atomic mass is 10.0. The van der Waals surface area contributed by atoms with E-state index < -0.39 is 0 Å². The topological polar surface area (TPSA) is 76.8 Å². The van der Waals surface area contributed by atoms with Crippen molar-refractivity contribution in [1.82, 2.24) is 15.2 Å². The number of nitrogens with zero attached hydrogens (tertiary/aromatic N) is 2. The van der Waals surface area contributed by atoms with E-state index in [1.165, 1.54) is 17.4 Å². The molecule has 7 heteroatoms. The number of nitrogens with one attached hydrogen (secondary N) is 1. The zero-order valence-electron chi connectivity index (χ0n) is 18.8. The summed E-state index contributed by atoms with van der Waals surface area (Å²) in [5, 5.41) is 2.75. The van der Waals surface area contributed by atoms with Crippen LogP contribution in [0, 0.1) is 0 Å². The molecule has 0 aliphatic carbocycles. The van der Waals surface area contributed by atoms with E-state index in [0.29, 0.717) is 43.7 Å². The minimum absolute atomic E-state index is 0.228. The highest BCUT2D eigenvalue weighted by molar-refractivity contribution is 5.91. The van der Waals surface area contributed by atoms with Crippen molar-refractivity contribution in [1.29, 1.82) is 0 Å². The summed E-state index contributed by atoms with van der Waals surface area (Å²) < 4.78 is 16.6. The second kappa shape index (κ2) is 9.87. The highest BCUT2D eigenvalue weighted by Crippen LogP contribution is 2.33. The van der Waals surface area contributed by atoms with Crippen LogP contribution in [0.4, 0.5) is 0 Å². The molecule has 7 nitrogen and oxygen atoms in total. The second-order valence-corrected chi connectivity index (χ2v) is 8.21. The molecule has 2 aromatic carbocycles. The summed E-state index contributed by atoms with van der Waals surface area (Å²) in [5.74, 6) is 2.30. The van der Waals surface area contributed by atoms with Gasteiger partial charge in [0.15, 0.2) is 17.2 Å². The fourth-order valence-electron chi connectivity index (χ4n) is 3.66. The summed E-state index contributed by atoms with van der Waals surface area (Å²) >= 11 is 0. The fraction of sp³-hybridized carbons (Fsp3) is 0.360. The zero-order valence-corrected chi connectivity index (χ0v) is 18.8. The van der Waals surface area contributed by atoms with Crippen molar-refractivity contribution in [3.8, 4) is 11.5 Å². The van der Waals surface area contributed by atoms with Crippen molar-refractivity contribution in [2.24, 2.45) is 0 Å². The van der Waals surface area contributed by atoms with Gasteiger partial charge in [-0.05, 0) is 41.7 Å². The Bertz CT molecular complexity index is 1060. The molecule has 0 saturated carbocycles. The molecular formula is C25H29N3O4. The maximum atomic E-state index is 12.0. The molecule has 1 aliphatic heterocycles. The van der Waals surface area contributed by atoms with Gasteiger partial charge < -0.3 is 19.2 Å². The van der Waals surface area contributed by atoms with E-state index in [4.69, 9.17) is 13.9 Å². The molecule has 0 unspecified atom stereocenters. The maximum Gasteiger partial charge on any atom is 0.273 e. The normalized spacial score (nSPS) is 12.5. The highest BCUT2D eigenvalue weighted by Gasteiger charge is 2.18. The third-order valence-electron chi connectivity index (χ3n) is 5.38. The molecule has 1 N–H and O–H groups in total. The third-order valence-corrected chi connectivity index (χ3v) is 5.38. The van der Waals surface area contributed by atoms with Crippen molar-refractivity contribution in [3.63, 3.8) is 0 Å². The molecule has 0 saturated heterocycles. The van der Waals surface area contributed by atoms with Crippen LogP contribution in [0.5, 0.6) is 11.5 Å². The van der Waals surface area contributed by atoms with Crippen molar-refractivity contribution in [2.45, 2.75) is 46.3 Å². The summed E-state index contributed by atoms with van der Waals surface area (Å²) in [5.41, 5.74) is 3.91. The second-order valence-electron chi connectivity index (χ2n) is 8.21. The lowest BCUT2D eigenvalue weighted by molar-refractivity contribution is 0.0950. The molecule has 0 atom stereocenters. The molecule has 168 valence electrons. The molecule has 1 amide bonds. The molecular weight excluding hydrogens is 406 g/mol. The first-order chi connectivity index (χ1) is 15.5. The summed E-state index contributed by atoms with van der Waals surface area (Å²) in [6.07, 6.45) is 1.41. The van der Waals surface area contributed by atoms with Crippen LogP contribution in [-0.4, -0.2) is 29.1 Å². The van der Waals surface area contributed by atoms with Crippen LogP contribution >= 0.6 is 0 Å². The van der Waals surface area contributed by atoms with E-state index in [1.54, 1.807) is 0 Å². The van der Waals surface area contributed by atoms with Gasteiger partial charge in [-0.25, -0.2) is 4.98 Å². The lowest BCUT2D eigenvalue weighted by Crippen LogP contribution is -2.24. The van der Waals surface area contributed by atoms with Gasteiger partial charge in [-0.2, -0.15) is 0 Å². The first kappa shape index (κ1) is 21.9. The van der Waals surface area contributed by atoms with E-state index in [9.17, 15) is 4.79 Å². The van der Waals surface area contributed by atoms with Gasteiger partial charge in [0.05, 0.1) is 6.54 Å². The van der Waals surface area contributed by atoms with Crippen molar-refractivity contribution < 1.29 is 18.7 Å². The smallest absolute Gasteiger partial charge is 0.273 e. The summed E-state index contributed by atoms with van der Waals surface area (Å²) in [4.78, 5) is 18.7. The van der Waals surface area contributed by atoms with E-state index in [1.807, 2.05) is 25.1 Å². The number of carbonyl (C=O) groups excluding carboxylic acids is 1. The van der Waals surface area contributed by atoms with Gasteiger partial charge in [-0.15, -0.1) is 0 Å². The van der Waals surface area contributed by atoms with Gasteiger partial charge in [0.2, 0.25) is 12.7 Å². The molecule has 3 aromatic rings. The number of amides is 1. The van der Waals surface area contributed by atoms with Crippen LogP contribution in [-0.2, 0) is 19.6 Å². The van der Waals surface area contributed by atoms with E-state index >= 15 is 0 Å². The maximum absolute atomic E-state index is 12.0. The number of hydrogen-bond donors (Lipinski definition) is 1. The van der Waals surface area contributed by atoms with Gasteiger partial charge in [0.1, 0.15) is 6.26 Å². The van der Waals surface area contributed by atoms with Gasteiger partial charge >= 0.3 is 0 Å². The minimum atomic E-state index is -0.228. The quantitative estimate of drug-likeness (QED) is 0.534. The van der Waals surface area contributed by atoms with Crippen molar-refractivity contribution >= 4 is 5.91 Å². The number of fused-ring (bicyclic) bond motifs is 1. The van der Waals surface area contributed by atoms with Crippen molar-refractivity contribution in [2.75, 3.05) is 13.3 Å².